The highest BCUT2D eigenvalue weighted by Gasteiger charge is 2.26. The number of benzene rings is 1. The molecule has 1 unspecified atom stereocenters. The average molecular weight is 199 g/mol. The van der Waals surface area contributed by atoms with E-state index in [4.69, 9.17) is 0 Å². The van der Waals surface area contributed by atoms with E-state index < -0.39 is 23.8 Å². The second kappa shape index (κ2) is 3.25. The third kappa shape index (κ3) is 1.53. The average Bonchev–Trinajstić information content (AvgIpc) is 2.51. The summed E-state index contributed by atoms with van der Waals surface area (Å²) in [5, 5.41) is 2.41. The third-order valence-electron chi connectivity index (χ3n) is 2.01. The van der Waals surface area contributed by atoms with Crippen LogP contribution in [0.4, 0.5) is 13.6 Å². The van der Waals surface area contributed by atoms with Crippen LogP contribution >= 0.6 is 0 Å². The summed E-state index contributed by atoms with van der Waals surface area (Å²) >= 11 is 0. The second-order valence-corrected chi connectivity index (χ2v) is 2.96. The molecular weight excluding hydrogens is 192 g/mol. The number of hydrogen-bond acceptors (Lipinski definition) is 2. The molecular formula is C9H7F2NO2. The highest BCUT2D eigenvalue weighted by molar-refractivity contribution is 5.70. The molecule has 1 amide bonds. The van der Waals surface area contributed by atoms with Gasteiger partial charge in [0, 0.05) is 11.6 Å². The fourth-order valence-electron chi connectivity index (χ4n) is 1.34. The summed E-state index contributed by atoms with van der Waals surface area (Å²) in [6.07, 6.45) is -0.585. The van der Waals surface area contributed by atoms with Crippen molar-refractivity contribution in [2.75, 3.05) is 6.61 Å². The van der Waals surface area contributed by atoms with E-state index in [9.17, 15) is 13.6 Å². The molecule has 0 aliphatic carbocycles. The Morgan fingerprint density at radius 2 is 2.21 bits per heavy atom. The lowest BCUT2D eigenvalue weighted by molar-refractivity contribution is 0.176. The van der Waals surface area contributed by atoms with E-state index in [0.29, 0.717) is 0 Å². The summed E-state index contributed by atoms with van der Waals surface area (Å²) in [6.45, 7) is 0.0708. The Balaban J connectivity index is 2.28. The Morgan fingerprint density at radius 3 is 2.79 bits per heavy atom. The third-order valence-corrected chi connectivity index (χ3v) is 2.01. The van der Waals surface area contributed by atoms with E-state index in [1.54, 1.807) is 0 Å². The van der Waals surface area contributed by atoms with Crippen LogP contribution in [0.3, 0.4) is 0 Å². The van der Waals surface area contributed by atoms with Crippen molar-refractivity contribution in [3.63, 3.8) is 0 Å². The number of rotatable bonds is 1. The van der Waals surface area contributed by atoms with Crippen LogP contribution in [-0.2, 0) is 4.74 Å². The lowest BCUT2D eigenvalue weighted by Gasteiger charge is -2.08. The van der Waals surface area contributed by atoms with Crippen molar-refractivity contribution in [1.82, 2.24) is 5.32 Å². The van der Waals surface area contributed by atoms with Gasteiger partial charge in [-0.15, -0.1) is 0 Å². The first-order chi connectivity index (χ1) is 6.66. The second-order valence-electron chi connectivity index (χ2n) is 2.96. The minimum Gasteiger partial charge on any atom is -0.447 e. The van der Waals surface area contributed by atoms with Crippen LogP contribution in [0, 0.1) is 11.6 Å². The summed E-state index contributed by atoms with van der Waals surface area (Å²) in [5.41, 5.74) is 0.234. The van der Waals surface area contributed by atoms with Gasteiger partial charge in [-0.3, -0.25) is 0 Å². The lowest BCUT2D eigenvalue weighted by atomic mass is 10.1. The quantitative estimate of drug-likeness (QED) is 0.748. The van der Waals surface area contributed by atoms with Crippen LogP contribution in [0.25, 0.3) is 0 Å². The van der Waals surface area contributed by atoms with Gasteiger partial charge in [0.05, 0.1) is 6.04 Å². The molecule has 1 atom stereocenters. The Morgan fingerprint density at radius 1 is 1.43 bits per heavy atom. The Hall–Kier alpha value is -1.65. The summed E-state index contributed by atoms with van der Waals surface area (Å²) in [7, 11) is 0. The van der Waals surface area contributed by atoms with Crippen LogP contribution in [-0.4, -0.2) is 12.7 Å². The number of carbonyl (C=O) groups is 1. The summed E-state index contributed by atoms with van der Waals surface area (Å²) in [6, 6.07) is 2.69. The minimum absolute atomic E-state index is 0.0708. The maximum absolute atomic E-state index is 13.2. The molecule has 1 aliphatic rings. The zero-order chi connectivity index (χ0) is 10.1. The monoisotopic (exact) mass is 199 g/mol. The zero-order valence-electron chi connectivity index (χ0n) is 7.09. The van der Waals surface area contributed by atoms with Gasteiger partial charge >= 0.3 is 6.09 Å². The van der Waals surface area contributed by atoms with Gasteiger partial charge in [0.15, 0.2) is 0 Å². The number of ether oxygens (including phenoxy) is 1. The smallest absolute Gasteiger partial charge is 0.407 e. The highest BCUT2D eigenvalue weighted by atomic mass is 19.1. The first kappa shape index (κ1) is 8.93. The normalized spacial score (nSPS) is 20.4. The highest BCUT2D eigenvalue weighted by Crippen LogP contribution is 2.21. The van der Waals surface area contributed by atoms with Crippen LogP contribution in [0.2, 0.25) is 0 Å². The predicted octanol–water partition coefficient (Wildman–Crippen LogP) is 1.75. The predicted molar refractivity (Wildman–Crippen MR) is 43.6 cm³/mol. The molecule has 14 heavy (non-hydrogen) atoms. The maximum Gasteiger partial charge on any atom is 0.407 e. The van der Waals surface area contributed by atoms with Crippen molar-refractivity contribution in [2.24, 2.45) is 0 Å². The fraction of sp³-hybridized carbons (Fsp3) is 0.222. The SMILES string of the molecule is O=C1NC(c2ccc(F)cc2F)CO1. The molecule has 1 aliphatic heterocycles. The number of halogens is 2. The Bertz CT molecular complexity index is 381. The first-order valence-corrected chi connectivity index (χ1v) is 4.05. The van der Waals surface area contributed by atoms with Crippen molar-refractivity contribution in [3.8, 4) is 0 Å². The molecule has 1 N–H and O–H groups in total. The number of cyclic esters (lactones) is 1. The number of nitrogens with one attached hydrogen (secondary N) is 1. The van der Waals surface area contributed by atoms with Gasteiger partial charge in [0.2, 0.25) is 0 Å². The van der Waals surface area contributed by atoms with Crippen molar-refractivity contribution in [1.29, 1.82) is 0 Å². The molecule has 2 rings (SSSR count). The van der Waals surface area contributed by atoms with Gasteiger partial charge < -0.3 is 10.1 Å². The molecule has 0 radical (unpaired) electrons. The van der Waals surface area contributed by atoms with Gasteiger partial charge in [0.25, 0.3) is 0 Å². The molecule has 1 fully saturated rings. The van der Waals surface area contributed by atoms with Crippen LogP contribution < -0.4 is 5.32 Å². The van der Waals surface area contributed by atoms with Crippen LogP contribution in [0.5, 0.6) is 0 Å². The Labute approximate surface area is 78.7 Å². The molecule has 1 aromatic rings. The van der Waals surface area contributed by atoms with Gasteiger partial charge in [-0.1, -0.05) is 6.07 Å². The number of carbonyl (C=O) groups excluding carboxylic acids is 1. The molecule has 1 aromatic carbocycles. The van der Waals surface area contributed by atoms with E-state index in [0.717, 1.165) is 12.1 Å². The molecule has 0 aromatic heterocycles. The minimum atomic E-state index is -0.680. The molecule has 1 saturated heterocycles. The van der Waals surface area contributed by atoms with E-state index in [1.807, 2.05) is 0 Å². The summed E-state index contributed by atoms with van der Waals surface area (Å²) in [5.74, 6) is -1.32. The molecule has 0 saturated carbocycles. The van der Waals surface area contributed by atoms with Gasteiger partial charge in [-0.2, -0.15) is 0 Å². The summed E-state index contributed by atoms with van der Waals surface area (Å²) in [4.78, 5) is 10.7. The standard InChI is InChI=1S/C9H7F2NO2/c10-5-1-2-6(7(11)3-5)8-4-14-9(13)12-8/h1-3,8H,4H2,(H,12,13). The van der Waals surface area contributed by atoms with Crippen molar-refractivity contribution >= 4 is 6.09 Å². The molecule has 3 nitrogen and oxygen atoms in total. The number of alkyl carbamates (subject to hydrolysis) is 1. The largest absolute Gasteiger partial charge is 0.447 e. The molecule has 74 valence electrons. The van der Waals surface area contributed by atoms with Crippen molar-refractivity contribution in [2.45, 2.75) is 6.04 Å². The van der Waals surface area contributed by atoms with E-state index in [2.05, 4.69) is 10.1 Å². The molecule has 1 heterocycles. The van der Waals surface area contributed by atoms with E-state index in [1.165, 1.54) is 6.07 Å². The van der Waals surface area contributed by atoms with Crippen molar-refractivity contribution in [3.05, 3.63) is 35.4 Å². The molecule has 5 heteroatoms. The van der Waals surface area contributed by atoms with Crippen LogP contribution in [0.15, 0.2) is 18.2 Å². The number of amides is 1. The first-order valence-electron chi connectivity index (χ1n) is 4.05. The lowest BCUT2D eigenvalue weighted by Crippen LogP contribution is -2.19. The molecule has 0 bridgehead atoms. The Kier molecular flexibility index (Phi) is 2.07. The zero-order valence-corrected chi connectivity index (χ0v) is 7.09. The van der Waals surface area contributed by atoms with E-state index in [-0.39, 0.29) is 12.2 Å². The van der Waals surface area contributed by atoms with Crippen molar-refractivity contribution < 1.29 is 18.3 Å². The number of hydrogen-bond donors (Lipinski definition) is 1. The fourth-order valence-corrected chi connectivity index (χ4v) is 1.34. The summed E-state index contributed by atoms with van der Waals surface area (Å²) < 4.78 is 30.3. The topological polar surface area (TPSA) is 38.3 Å². The van der Waals surface area contributed by atoms with E-state index >= 15 is 0 Å². The maximum atomic E-state index is 13.2. The van der Waals surface area contributed by atoms with Gasteiger partial charge in [-0.25, -0.2) is 13.6 Å². The van der Waals surface area contributed by atoms with Gasteiger partial charge in [0.1, 0.15) is 18.2 Å². The van der Waals surface area contributed by atoms with Gasteiger partial charge in [-0.05, 0) is 6.07 Å². The van der Waals surface area contributed by atoms with Crippen LogP contribution in [0.1, 0.15) is 11.6 Å². The molecule has 0 spiro atoms.